The number of hydrogen-bond acceptors (Lipinski definition) is 7. The van der Waals surface area contributed by atoms with Gasteiger partial charge in [0.25, 0.3) is 0 Å². The summed E-state index contributed by atoms with van der Waals surface area (Å²) in [6.07, 6.45) is 5.98. The second-order valence-corrected chi connectivity index (χ2v) is 10.9. The fraction of sp³-hybridized carbons (Fsp3) is 0.593. The molecule has 1 aromatic rings. The van der Waals surface area contributed by atoms with E-state index in [1.807, 2.05) is 51.1 Å². The van der Waals surface area contributed by atoms with Crippen LogP contribution in [-0.4, -0.2) is 60.2 Å². The Morgan fingerprint density at radius 1 is 1.33 bits per heavy atom. The topological polar surface area (TPSA) is 104 Å². The third-order valence-electron chi connectivity index (χ3n) is 7.57. The fourth-order valence-electron chi connectivity index (χ4n) is 5.30. The molecular weight excluding hydrogens is 484 g/mol. The molecule has 4 rings (SSSR count). The van der Waals surface area contributed by atoms with Crippen LogP contribution in [-0.2, 0) is 20.7 Å². The Hall–Kier alpha value is -1.94. The zero-order valence-electron chi connectivity index (χ0n) is 21.6. The van der Waals surface area contributed by atoms with Crippen LogP contribution < -0.4 is 15.0 Å². The number of allylic oxidation sites excluding steroid dienone is 3. The van der Waals surface area contributed by atoms with E-state index in [1.165, 1.54) is 0 Å². The molecule has 0 spiro atoms. The number of nitrogens with one attached hydrogen (secondary N) is 1. The molecule has 1 aromatic carbocycles. The number of amides is 1. The lowest BCUT2D eigenvalue weighted by molar-refractivity contribution is -0.252. The first-order chi connectivity index (χ1) is 16.9. The first-order valence-corrected chi connectivity index (χ1v) is 12.8. The minimum absolute atomic E-state index is 0.0738. The van der Waals surface area contributed by atoms with E-state index in [2.05, 4.69) is 5.32 Å². The number of epoxide rings is 1. The van der Waals surface area contributed by atoms with E-state index in [1.54, 1.807) is 19.1 Å². The van der Waals surface area contributed by atoms with Gasteiger partial charge in [0.2, 0.25) is 12.3 Å². The van der Waals surface area contributed by atoms with E-state index in [0.29, 0.717) is 42.1 Å². The van der Waals surface area contributed by atoms with Gasteiger partial charge in [-0.2, -0.15) is 0 Å². The second-order valence-electron chi connectivity index (χ2n) is 10.5. The molecule has 2 unspecified atom stereocenters. The highest BCUT2D eigenvalue weighted by Gasteiger charge is 2.57. The van der Waals surface area contributed by atoms with Crippen LogP contribution in [0.25, 0.3) is 0 Å². The second kappa shape index (κ2) is 10.4. The Kier molecular flexibility index (Phi) is 7.86. The van der Waals surface area contributed by atoms with Gasteiger partial charge in [-0.15, -0.1) is 0 Å². The van der Waals surface area contributed by atoms with Crippen molar-refractivity contribution in [2.24, 2.45) is 5.92 Å². The predicted octanol–water partition coefficient (Wildman–Crippen LogP) is 3.68. The summed E-state index contributed by atoms with van der Waals surface area (Å²) in [7, 11) is 3.29. The van der Waals surface area contributed by atoms with E-state index in [-0.39, 0.29) is 24.3 Å². The number of benzene rings is 1. The van der Waals surface area contributed by atoms with Crippen molar-refractivity contribution in [1.29, 1.82) is 0 Å². The van der Waals surface area contributed by atoms with Crippen LogP contribution in [0.3, 0.4) is 0 Å². The van der Waals surface area contributed by atoms with Crippen molar-refractivity contribution in [3.05, 3.63) is 46.5 Å². The SMILES string of the molecule is COc1cc2cc(c1Cl)N(C)C(=O)CC[C@]1(C)O[C@H]1[C@H](C)C1C[C@](O)(C/C=C/C=C(\C)C2)NC(O)O1. The van der Waals surface area contributed by atoms with Crippen LogP contribution in [0.1, 0.15) is 52.0 Å². The van der Waals surface area contributed by atoms with Crippen molar-refractivity contribution in [2.45, 2.75) is 82.8 Å². The number of aliphatic hydroxyl groups is 2. The quantitative estimate of drug-likeness (QED) is 0.485. The minimum atomic E-state index is -1.31. The average molecular weight is 521 g/mol. The maximum atomic E-state index is 13.2. The standard InChI is InChI=1S/C27H37ClN2O6/c1-16-8-6-7-10-27(33)15-21(35-25(32)29-27)17(2)24-26(3,36-24)11-9-22(31)30(4)19-13-18(12-16)14-20(34-5)23(19)28/h6-8,13-14,17,21,24-25,29,32-33H,9-12,15H2,1-5H3/b7-6+,16-8+/t17-,21?,24+,25?,26+,27-/m1/s1. The molecule has 6 atom stereocenters. The Labute approximate surface area is 217 Å². The molecule has 2 fully saturated rings. The zero-order chi connectivity index (χ0) is 26.3. The third kappa shape index (κ3) is 5.79. The van der Waals surface area contributed by atoms with Gasteiger partial charge in [0.15, 0.2) is 0 Å². The number of nitrogens with zero attached hydrogens (tertiary/aromatic N) is 1. The number of fused-ring (bicyclic) bond motifs is 5. The molecule has 2 saturated heterocycles. The molecule has 1 amide bonds. The molecule has 3 aliphatic heterocycles. The summed E-state index contributed by atoms with van der Waals surface area (Å²) in [5, 5.41) is 24.5. The molecule has 0 saturated carbocycles. The Bertz CT molecular complexity index is 1060. The van der Waals surface area contributed by atoms with Crippen LogP contribution >= 0.6 is 11.6 Å². The first kappa shape index (κ1) is 27.1. The van der Waals surface area contributed by atoms with E-state index >= 15 is 0 Å². The van der Waals surface area contributed by atoms with E-state index in [0.717, 1.165) is 11.1 Å². The Morgan fingerprint density at radius 3 is 2.81 bits per heavy atom. The van der Waals surface area contributed by atoms with Crippen LogP contribution in [0.15, 0.2) is 35.9 Å². The number of anilines is 1. The van der Waals surface area contributed by atoms with Crippen molar-refractivity contribution in [3.63, 3.8) is 0 Å². The van der Waals surface area contributed by atoms with Gasteiger partial charge in [-0.3, -0.25) is 4.79 Å². The number of aliphatic hydroxyl groups excluding tert-OH is 1. The van der Waals surface area contributed by atoms with Crippen molar-refractivity contribution in [2.75, 3.05) is 19.1 Å². The molecule has 9 heteroatoms. The van der Waals surface area contributed by atoms with Gasteiger partial charge in [0, 0.05) is 32.2 Å². The highest BCUT2D eigenvalue weighted by atomic mass is 35.5. The van der Waals surface area contributed by atoms with Crippen molar-refractivity contribution < 1.29 is 29.2 Å². The lowest BCUT2D eigenvalue weighted by Gasteiger charge is -2.42. The fourth-order valence-corrected chi connectivity index (χ4v) is 5.62. The summed E-state index contributed by atoms with van der Waals surface area (Å²) in [6.45, 7) is 5.99. The van der Waals surface area contributed by atoms with Gasteiger partial charge >= 0.3 is 0 Å². The maximum absolute atomic E-state index is 13.2. The number of halogens is 1. The number of hydrogen-bond donors (Lipinski definition) is 3. The molecule has 0 radical (unpaired) electrons. The van der Waals surface area contributed by atoms with E-state index < -0.39 is 23.8 Å². The normalized spacial score (nSPS) is 38.1. The van der Waals surface area contributed by atoms with E-state index in [9.17, 15) is 15.0 Å². The molecule has 198 valence electrons. The minimum Gasteiger partial charge on any atom is -0.495 e. The summed E-state index contributed by atoms with van der Waals surface area (Å²) >= 11 is 6.59. The highest BCUT2D eigenvalue weighted by Crippen LogP contribution is 2.48. The van der Waals surface area contributed by atoms with Gasteiger partial charge in [0.1, 0.15) is 16.5 Å². The molecule has 8 nitrogen and oxygen atoms in total. The summed E-state index contributed by atoms with van der Waals surface area (Å²) in [5.41, 5.74) is 0.860. The summed E-state index contributed by atoms with van der Waals surface area (Å²) in [6, 6.07) is 3.81. The average Bonchev–Trinajstić information content (AvgIpc) is 3.50. The molecular formula is C27H37ClN2O6. The van der Waals surface area contributed by atoms with Gasteiger partial charge in [-0.1, -0.05) is 42.3 Å². The molecule has 3 heterocycles. The molecule has 0 aliphatic carbocycles. The van der Waals surface area contributed by atoms with Gasteiger partial charge in [0.05, 0.1) is 30.6 Å². The Balaban J connectivity index is 1.66. The predicted molar refractivity (Wildman–Crippen MR) is 138 cm³/mol. The molecule has 36 heavy (non-hydrogen) atoms. The molecule has 3 N–H and O–H groups in total. The van der Waals surface area contributed by atoms with Gasteiger partial charge < -0.3 is 29.3 Å². The zero-order valence-corrected chi connectivity index (χ0v) is 22.3. The first-order valence-electron chi connectivity index (χ1n) is 12.4. The highest BCUT2D eigenvalue weighted by molar-refractivity contribution is 6.35. The summed E-state index contributed by atoms with van der Waals surface area (Å²) in [5.74, 6) is 0.355. The van der Waals surface area contributed by atoms with Crippen molar-refractivity contribution in [3.8, 4) is 5.75 Å². The maximum Gasteiger partial charge on any atom is 0.226 e. The number of rotatable bonds is 1. The van der Waals surface area contributed by atoms with E-state index in [4.69, 9.17) is 25.8 Å². The molecule has 3 aliphatic rings. The lowest BCUT2D eigenvalue weighted by atomic mass is 9.85. The van der Waals surface area contributed by atoms with Crippen molar-refractivity contribution in [1.82, 2.24) is 5.32 Å². The van der Waals surface area contributed by atoms with Gasteiger partial charge in [-0.05, 0) is 44.4 Å². The molecule has 4 bridgehead atoms. The van der Waals surface area contributed by atoms with Crippen LogP contribution in [0, 0.1) is 5.92 Å². The summed E-state index contributed by atoms with van der Waals surface area (Å²) < 4.78 is 17.3. The third-order valence-corrected chi connectivity index (χ3v) is 7.95. The van der Waals surface area contributed by atoms with Crippen LogP contribution in [0.5, 0.6) is 5.75 Å². The van der Waals surface area contributed by atoms with Crippen LogP contribution in [0.4, 0.5) is 5.69 Å². The number of ether oxygens (including phenoxy) is 3. The smallest absolute Gasteiger partial charge is 0.226 e. The lowest BCUT2D eigenvalue weighted by Crippen LogP contribution is -2.60. The number of carbonyl (C=O) groups is 1. The van der Waals surface area contributed by atoms with Crippen LogP contribution in [0.2, 0.25) is 5.02 Å². The number of methoxy groups -OCH3 is 1. The van der Waals surface area contributed by atoms with Gasteiger partial charge in [-0.25, -0.2) is 5.32 Å². The molecule has 0 aromatic heterocycles. The monoisotopic (exact) mass is 520 g/mol. The van der Waals surface area contributed by atoms with Crippen molar-refractivity contribution >= 4 is 23.2 Å². The largest absolute Gasteiger partial charge is 0.495 e. The Morgan fingerprint density at radius 2 is 2.08 bits per heavy atom. The summed E-state index contributed by atoms with van der Waals surface area (Å²) in [4.78, 5) is 14.8. The number of carbonyl (C=O) groups excluding carboxylic acids is 1.